The first-order valence-corrected chi connectivity index (χ1v) is 4.91. The minimum absolute atomic E-state index is 0.0426. The number of nitrogens with zero attached hydrogens (tertiary/aromatic N) is 1. The van der Waals surface area contributed by atoms with Gasteiger partial charge in [-0.1, -0.05) is 0 Å². The summed E-state index contributed by atoms with van der Waals surface area (Å²) in [6.45, 7) is 3.60. The molecule has 0 saturated heterocycles. The highest BCUT2D eigenvalue weighted by Crippen LogP contribution is 2.25. The van der Waals surface area contributed by atoms with Gasteiger partial charge >= 0.3 is 0 Å². The highest BCUT2D eigenvalue weighted by molar-refractivity contribution is 5.24. The van der Waals surface area contributed by atoms with Crippen LogP contribution in [0.15, 0.2) is 0 Å². The van der Waals surface area contributed by atoms with E-state index >= 15 is 0 Å². The quantitative estimate of drug-likeness (QED) is 0.596. The number of ether oxygens (including phenoxy) is 2. The van der Waals surface area contributed by atoms with Crippen LogP contribution in [-0.2, 0) is 4.74 Å². The Bertz CT molecular complexity index is 374. The summed E-state index contributed by atoms with van der Waals surface area (Å²) in [4.78, 5) is 2.41. The van der Waals surface area contributed by atoms with E-state index in [0.717, 1.165) is 0 Å². The van der Waals surface area contributed by atoms with Crippen molar-refractivity contribution in [2.45, 2.75) is 20.0 Å². The summed E-state index contributed by atoms with van der Waals surface area (Å²) < 4.78 is 61.3. The molecule has 7 heteroatoms. The third-order valence-electron chi connectivity index (χ3n) is 1.83. The van der Waals surface area contributed by atoms with Crippen molar-refractivity contribution in [2.75, 3.05) is 13.2 Å². The van der Waals surface area contributed by atoms with Gasteiger partial charge in [0.25, 0.3) is 11.9 Å². The maximum atomic E-state index is 13.1. The van der Waals surface area contributed by atoms with Gasteiger partial charge in [0.2, 0.25) is 17.4 Å². The molecule has 1 aromatic heterocycles. The number of hydrogen-bond acceptors (Lipinski definition) is 3. The molecule has 3 nitrogen and oxygen atoms in total. The number of halogens is 4. The molecule has 0 aromatic carbocycles. The molecule has 0 aliphatic carbocycles. The van der Waals surface area contributed by atoms with Crippen LogP contribution in [0.1, 0.15) is 13.8 Å². The Kier molecular flexibility index (Phi) is 4.68. The van der Waals surface area contributed by atoms with E-state index in [-0.39, 0.29) is 6.61 Å². The molecule has 1 unspecified atom stereocenters. The zero-order valence-electron chi connectivity index (χ0n) is 9.27. The van der Waals surface area contributed by atoms with Gasteiger partial charge in [-0.3, -0.25) is 0 Å². The fourth-order valence-corrected chi connectivity index (χ4v) is 1.09. The molecule has 17 heavy (non-hydrogen) atoms. The molecule has 1 rings (SSSR count). The van der Waals surface area contributed by atoms with Gasteiger partial charge < -0.3 is 9.47 Å². The number of hydrogen-bond donors (Lipinski definition) is 0. The van der Waals surface area contributed by atoms with E-state index in [1.165, 1.54) is 6.92 Å². The Morgan fingerprint density at radius 2 is 1.65 bits per heavy atom. The highest BCUT2D eigenvalue weighted by atomic mass is 19.2. The maximum Gasteiger partial charge on any atom is 0.255 e. The average Bonchev–Trinajstić information content (AvgIpc) is 2.29. The van der Waals surface area contributed by atoms with Crippen LogP contribution in [0.3, 0.4) is 0 Å². The normalized spacial score (nSPS) is 12.6. The zero-order valence-corrected chi connectivity index (χ0v) is 9.27. The molecule has 0 spiro atoms. The van der Waals surface area contributed by atoms with Crippen LogP contribution in [0, 0.1) is 23.5 Å². The van der Waals surface area contributed by atoms with Crippen LogP contribution in [-0.4, -0.2) is 24.3 Å². The Morgan fingerprint density at radius 1 is 1.12 bits per heavy atom. The van der Waals surface area contributed by atoms with Gasteiger partial charge in [-0.2, -0.15) is 22.5 Å². The molecule has 0 N–H and O–H groups in total. The second-order valence-corrected chi connectivity index (χ2v) is 3.24. The summed E-state index contributed by atoms with van der Waals surface area (Å²) >= 11 is 0. The van der Waals surface area contributed by atoms with Crippen LogP contribution in [0.25, 0.3) is 0 Å². The van der Waals surface area contributed by atoms with Gasteiger partial charge in [-0.05, 0) is 13.8 Å². The van der Waals surface area contributed by atoms with Crippen molar-refractivity contribution in [1.82, 2.24) is 4.98 Å². The smallest absolute Gasteiger partial charge is 0.255 e. The van der Waals surface area contributed by atoms with Crippen molar-refractivity contribution in [3.8, 4) is 5.75 Å². The van der Waals surface area contributed by atoms with Gasteiger partial charge in [0.15, 0.2) is 0 Å². The number of aromatic nitrogens is 1. The highest BCUT2D eigenvalue weighted by Gasteiger charge is 2.23. The Labute approximate surface area is 95.4 Å². The van der Waals surface area contributed by atoms with Gasteiger partial charge in [-0.25, -0.2) is 0 Å². The van der Waals surface area contributed by atoms with E-state index in [2.05, 4.69) is 4.98 Å². The van der Waals surface area contributed by atoms with Crippen LogP contribution in [0.2, 0.25) is 0 Å². The zero-order chi connectivity index (χ0) is 13.0. The molecule has 0 aliphatic rings. The minimum Gasteiger partial charge on any atom is -0.482 e. The summed E-state index contributed by atoms with van der Waals surface area (Å²) in [6.07, 6.45) is -0.750. The summed E-state index contributed by atoms with van der Waals surface area (Å²) in [5, 5.41) is 0. The van der Waals surface area contributed by atoms with Gasteiger partial charge in [-0.15, -0.1) is 0 Å². The maximum absolute atomic E-state index is 13.1. The Hall–Kier alpha value is -1.37. The van der Waals surface area contributed by atoms with Crippen molar-refractivity contribution in [2.24, 2.45) is 0 Å². The van der Waals surface area contributed by atoms with Crippen LogP contribution >= 0.6 is 0 Å². The first-order chi connectivity index (χ1) is 7.97. The second kappa shape index (κ2) is 5.81. The fourth-order valence-electron chi connectivity index (χ4n) is 1.09. The van der Waals surface area contributed by atoms with Crippen LogP contribution < -0.4 is 4.74 Å². The Balaban J connectivity index is 2.90. The average molecular weight is 253 g/mol. The first-order valence-electron chi connectivity index (χ1n) is 4.91. The molecule has 0 aliphatic heterocycles. The molecular weight excluding hydrogens is 242 g/mol. The summed E-state index contributed by atoms with van der Waals surface area (Å²) in [5.74, 6) is -7.94. The number of rotatable bonds is 5. The van der Waals surface area contributed by atoms with Crippen molar-refractivity contribution in [3.63, 3.8) is 0 Å². The topological polar surface area (TPSA) is 31.4 Å². The monoisotopic (exact) mass is 253 g/mol. The molecule has 0 saturated carbocycles. The van der Waals surface area contributed by atoms with E-state index in [1.807, 2.05) is 0 Å². The molecule has 0 fully saturated rings. The van der Waals surface area contributed by atoms with Crippen LogP contribution in [0.5, 0.6) is 5.75 Å². The molecule has 1 heterocycles. The van der Waals surface area contributed by atoms with Crippen molar-refractivity contribution in [3.05, 3.63) is 23.5 Å². The minimum atomic E-state index is -1.75. The lowest BCUT2D eigenvalue weighted by molar-refractivity contribution is 0.0600. The van der Waals surface area contributed by atoms with Crippen molar-refractivity contribution in [1.29, 1.82) is 0 Å². The lowest BCUT2D eigenvalue weighted by Gasteiger charge is -2.15. The Morgan fingerprint density at radius 3 is 2.12 bits per heavy atom. The standard InChI is InChI=1S/C10H11F4NO2/c1-3-16-4-5(2)17-8-6(11)9(13)15-10(14)7(8)12/h5H,3-4H2,1-2H3. The third-order valence-corrected chi connectivity index (χ3v) is 1.83. The lowest BCUT2D eigenvalue weighted by atomic mass is 10.3. The summed E-state index contributed by atoms with van der Waals surface area (Å²) in [7, 11) is 0. The molecule has 96 valence electrons. The molecular formula is C10H11F4NO2. The largest absolute Gasteiger partial charge is 0.482 e. The molecule has 0 radical (unpaired) electrons. The van der Waals surface area contributed by atoms with Gasteiger partial charge in [0, 0.05) is 6.61 Å². The van der Waals surface area contributed by atoms with Crippen LogP contribution in [0.4, 0.5) is 17.6 Å². The predicted molar refractivity (Wildman–Crippen MR) is 50.7 cm³/mol. The van der Waals surface area contributed by atoms with E-state index in [1.54, 1.807) is 6.92 Å². The van der Waals surface area contributed by atoms with E-state index < -0.39 is 35.4 Å². The lowest BCUT2D eigenvalue weighted by Crippen LogP contribution is -2.21. The van der Waals surface area contributed by atoms with E-state index in [0.29, 0.717) is 6.61 Å². The summed E-state index contributed by atoms with van der Waals surface area (Å²) in [5.41, 5.74) is 0. The SMILES string of the molecule is CCOCC(C)Oc1c(F)c(F)nc(F)c1F. The fraction of sp³-hybridized carbons (Fsp3) is 0.500. The summed E-state index contributed by atoms with van der Waals surface area (Å²) in [6, 6.07) is 0. The van der Waals surface area contributed by atoms with Gasteiger partial charge in [0.1, 0.15) is 6.10 Å². The molecule has 1 aromatic rings. The third kappa shape index (κ3) is 3.29. The molecule has 0 bridgehead atoms. The van der Waals surface area contributed by atoms with Crippen molar-refractivity contribution >= 4 is 0 Å². The molecule has 0 amide bonds. The predicted octanol–water partition coefficient (Wildman–Crippen LogP) is 2.44. The van der Waals surface area contributed by atoms with E-state index in [4.69, 9.17) is 9.47 Å². The van der Waals surface area contributed by atoms with Crippen molar-refractivity contribution < 1.29 is 27.0 Å². The van der Waals surface area contributed by atoms with E-state index in [9.17, 15) is 17.6 Å². The second-order valence-electron chi connectivity index (χ2n) is 3.24. The first kappa shape index (κ1) is 13.7. The number of pyridine rings is 1. The molecule has 1 atom stereocenters. The van der Waals surface area contributed by atoms with Gasteiger partial charge in [0.05, 0.1) is 6.61 Å².